The Morgan fingerprint density at radius 1 is 1.00 bits per heavy atom. The van der Waals surface area contributed by atoms with Crippen LogP contribution in [0.1, 0.15) is 37.5 Å². The van der Waals surface area contributed by atoms with E-state index in [4.69, 9.17) is 18.9 Å². The van der Waals surface area contributed by atoms with Gasteiger partial charge in [0.1, 0.15) is 6.10 Å². The molecular formula is C24H28N2O4. The zero-order valence-corrected chi connectivity index (χ0v) is 17.9. The number of aromatic nitrogens is 2. The van der Waals surface area contributed by atoms with E-state index in [1.807, 2.05) is 30.3 Å². The van der Waals surface area contributed by atoms with Crippen molar-refractivity contribution in [2.45, 2.75) is 45.2 Å². The van der Waals surface area contributed by atoms with Crippen LogP contribution < -0.4 is 9.47 Å². The van der Waals surface area contributed by atoms with Gasteiger partial charge < -0.3 is 18.9 Å². The molecule has 1 saturated heterocycles. The number of hydrogen-bond donors (Lipinski definition) is 0. The van der Waals surface area contributed by atoms with Gasteiger partial charge in [-0.3, -0.25) is 0 Å². The molecule has 2 aromatic carbocycles. The molecule has 0 N–H and O–H groups in total. The maximum Gasteiger partial charge on any atom is 0.320 e. The summed E-state index contributed by atoms with van der Waals surface area (Å²) in [6, 6.07) is 16.6. The molecule has 1 aliphatic heterocycles. The summed E-state index contributed by atoms with van der Waals surface area (Å²) in [5.74, 6) is 0.779. The van der Waals surface area contributed by atoms with Crippen molar-refractivity contribution in [3.8, 4) is 11.9 Å². The van der Waals surface area contributed by atoms with Gasteiger partial charge in [0.15, 0.2) is 0 Å². The van der Waals surface area contributed by atoms with Crippen molar-refractivity contribution in [2.24, 2.45) is 5.92 Å². The lowest BCUT2D eigenvalue weighted by Gasteiger charge is -2.22. The molecule has 2 heterocycles. The summed E-state index contributed by atoms with van der Waals surface area (Å²) in [6.07, 6.45) is 0.893. The molecule has 0 radical (unpaired) electrons. The third-order valence-electron chi connectivity index (χ3n) is 5.78. The Labute approximate surface area is 177 Å². The average molecular weight is 408 g/mol. The van der Waals surface area contributed by atoms with Crippen molar-refractivity contribution in [2.75, 3.05) is 14.2 Å². The zero-order valence-electron chi connectivity index (χ0n) is 17.9. The minimum Gasteiger partial charge on any atom is -0.480 e. The molecule has 6 heteroatoms. The van der Waals surface area contributed by atoms with Gasteiger partial charge in [-0.05, 0) is 29.7 Å². The Hall–Kier alpha value is -2.70. The summed E-state index contributed by atoms with van der Waals surface area (Å²) in [5.41, 5.74) is 2.95. The number of methoxy groups -OCH3 is 2. The van der Waals surface area contributed by atoms with Crippen molar-refractivity contribution in [3.05, 3.63) is 59.7 Å². The fourth-order valence-electron chi connectivity index (χ4n) is 4.14. The molecule has 1 fully saturated rings. The van der Waals surface area contributed by atoms with Crippen LogP contribution >= 0.6 is 0 Å². The maximum atomic E-state index is 6.44. The third kappa shape index (κ3) is 3.98. The van der Waals surface area contributed by atoms with Crippen molar-refractivity contribution < 1.29 is 18.9 Å². The normalized spacial score (nSPS) is 23.6. The predicted octanol–water partition coefficient (Wildman–Crippen LogP) is 4.72. The van der Waals surface area contributed by atoms with Crippen LogP contribution in [0.5, 0.6) is 11.9 Å². The van der Waals surface area contributed by atoms with Crippen LogP contribution in [0.4, 0.5) is 0 Å². The highest BCUT2D eigenvalue weighted by atomic mass is 16.6. The van der Waals surface area contributed by atoms with Gasteiger partial charge in [0.2, 0.25) is 5.88 Å². The second kappa shape index (κ2) is 8.98. The summed E-state index contributed by atoms with van der Waals surface area (Å²) in [7, 11) is 3.14. The molecule has 4 rings (SSSR count). The molecule has 158 valence electrons. The Balaban J connectivity index is 1.66. The Kier molecular flexibility index (Phi) is 6.16. The molecule has 0 amide bonds. The van der Waals surface area contributed by atoms with Gasteiger partial charge in [-0.15, -0.1) is 0 Å². The molecule has 0 spiro atoms. The monoisotopic (exact) mass is 408 g/mol. The van der Waals surface area contributed by atoms with Gasteiger partial charge in [0, 0.05) is 5.92 Å². The summed E-state index contributed by atoms with van der Waals surface area (Å²) >= 11 is 0. The van der Waals surface area contributed by atoms with Crippen molar-refractivity contribution >= 4 is 10.9 Å². The van der Waals surface area contributed by atoms with E-state index in [-0.39, 0.29) is 30.2 Å². The van der Waals surface area contributed by atoms with E-state index < -0.39 is 0 Å². The molecule has 0 saturated carbocycles. The Morgan fingerprint density at radius 2 is 1.80 bits per heavy atom. The van der Waals surface area contributed by atoms with E-state index in [1.54, 1.807) is 14.2 Å². The molecule has 30 heavy (non-hydrogen) atoms. The van der Waals surface area contributed by atoms with Crippen molar-refractivity contribution in [1.29, 1.82) is 0 Å². The van der Waals surface area contributed by atoms with Gasteiger partial charge in [-0.2, -0.15) is 9.97 Å². The van der Waals surface area contributed by atoms with Gasteiger partial charge in [-0.1, -0.05) is 50.2 Å². The second-order valence-corrected chi connectivity index (χ2v) is 7.62. The van der Waals surface area contributed by atoms with E-state index in [1.165, 1.54) is 0 Å². The van der Waals surface area contributed by atoms with E-state index in [9.17, 15) is 0 Å². The Morgan fingerprint density at radius 3 is 2.50 bits per heavy atom. The average Bonchev–Trinajstić information content (AvgIpc) is 3.12. The van der Waals surface area contributed by atoms with E-state index in [0.717, 1.165) is 28.5 Å². The minimum atomic E-state index is -0.162. The first-order valence-electron chi connectivity index (χ1n) is 10.3. The molecule has 4 atom stereocenters. The quantitative estimate of drug-likeness (QED) is 0.564. The Bertz CT molecular complexity index is 995. The first kappa shape index (κ1) is 20.6. The molecular weight excluding hydrogens is 380 g/mol. The highest BCUT2D eigenvalue weighted by molar-refractivity contribution is 5.84. The van der Waals surface area contributed by atoms with Crippen LogP contribution in [0.15, 0.2) is 48.5 Å². The predicted molar refractivity (Wildman–Crippen MR) is 115 cm³/mol. The van der Waals surface area contributed by atoms with Gasteiger partial charge in [-0.25, -0.2) is 0 Å². The van der Waals surface area contributed by atoms with Crippen LogP contribution in [-0.2, 0) is 16.1 Å². The number of nitrogens with zero attached hydrogens (tertiary/aromatic N) is 2. The number of benzene rings is 2. The summed E-state index contributed by atoms with van der Waals surface area (Å²) in [5, 5.41) is 0.835. The van der Waals surface area contributed by atoms with Crippen molar-refractivity contribution in [3.63, 3.8) is 0 Å². The first-order chi connectivity index (χ1) is 14.6. The van der Waals surface area contributed by atoms with Gasteiger partial charge in [0.25, 0.3) is 0 Å². The highest BCUT2D eigenvalue weighted by Crippen LogP contribution is 2.41. The SMILES string of the molecule is CC[C@H]1O[C@@H](c2ccc3c(OC)nc(OC)nc3c2)[C@H](OCc2ccccc2)[C@@H]1C. The zero-order chi connectivity index (χ0) is 21.1. The largest absolute Gasteiger partial charge is 0.480 e. The third-order valence-corrected chi connectivity index (χ3v) is 5.78. The first-order valence-corrected chi connectivity index (χ1v) is 10.3. The topological polar surface area (TPSA) is 62.7 Å². The van der Waals surface area contributed by atoms with E-state index in [0.29, 0.717) is 12.5 Å². The molecule has 6 nitrogen and oxygen atoms in total. The van der Waals surface area contributed by atoms with E-state index in [2.05, 4.69) is 42.0 Å². The van der Waals surface area contributed by atoms with Crippen LogP contribution in [-0.4, -0.2) is 36.4 Å². The minimum absolute atomic E-state index is 0.0433. The van der Waals surface area contributed by atoms with Crippen LogP contribution in [0.25, 0.3) is 10.9 Å². The molecule has 0 aliphatic carbocycles. The number of rotatable bonds is 7. The van der Waals surface area contributed by atoms with Crippen LogP contribution in [0.3, 0.4) is 0 Å². The highest BCUT2D eigenvalue weighted by Gasteiger charge is 2.42. The van der Waals surface area contributed by atoms with Crippen LogP contribution in [0, 0.1) is 5.92 Å². The lowest BCUT2D eigenvalue weighted by atomic mass is 9.93. The standard InChI is InChI=1S/C24H28N2O4/c1-5-20-15(2)21(29-14-16-9-7-6-8-10-16)22(30-20)17-11-12-18-19(13-17)25-24(28-4)26-23(18)27-3/h6-13,15,20-22H,5,14H2,1-4H3/t15-,20-,21-,22+/m1/s1. The molecule has 1 aromatic heterocycles. The summed E-state index contributed by atoms with van der Waals surface area (Å²) in [6.45, 7) is 4.92. The second-order valence-electron chi connectivity index (χ2n) is 7.62. The fourth-order valence-corrected chi connectivity index (χ4v) is 4.14. The lowest BCUT2D eigenvalue weighted by molar-refractivity contribution is -0.0336. The molecule has 1 aliphatic rings. The number of ether oxygens (including phenoxy) is 4. The smallest absolute Gasteiger partial charge is 0.320 e. The summed E-state index contributed by atoms with van der Waals surface area (Å²) < 4.78 is 23.5. The fraction of sp³-hybridized carbons (Fsp3) is 0.417. The molecule has 3 aromatic rings. The number of hydrogen-bond acceptors (Lipinski definition) is 6. The van der Waals surface area contributed by atoms with Crippen molar-refractivity contribution in [1.82, 2.24) is 9.97 Å². The molecule has 0 unspecified atom stereocenters. The lowest BCUT2D eigenvalue weighted by Crippen LogP contribution is -2.25. The maximum absolute atomic E-state index is 6.44. The van der Waals surface area contributed by atoms with Gasteiger partial charge >= 0.3 is 6.01 Å². The molecule has 0 bridgehead atoms. The van der Waals surface area contributed by atoms with Crippen LogP contribution in [0.2, 0.25) is 0 Å². The summed E-state index contributed by atoms with van der Waals surface area (Å²) in [4.78, 5) is 8.77. The van der Waals surface area contributed by atoms with Gasteiger partial charge in [0.05, 0.1) is 43.9 Å². The number of fused-ring (bicyclic) bond motifs is 1. The van der Waals surface area contributed by atoms with E-state index >= 15 is 0 Å².